The van der Waals surface area contributed by atoms with Gasteiger partial charge >= 0.3 is 0 Å². The summed E-state index contributed by atoms with van der Waals surface area (Å²) in [7, 11) is 0. The molecule has 4 heterocycles. The molecular formula is C18H17N7O. The number of rotatable bonds is 4. The summed E-state index contributed by atoms with van der Waals surface area (Å²) >= 11 is 0. The second-order valence-corrected chi connectivity index (χ2v) is 6.02. The van der Waals surface area contributed by atoms with Crippen LogP contribution in [0.4, 0.5) is 5.82 Å². The predicted molar refractivity (Wildman–Crippen MR) is 94.0 cm³/mol. The molecule has 1 saturated heterocycles. The molecule has 0 unspecified atom stereocenters. The minimum Gasteiger partial charge on any atom is -0.419 e. The van der Waals surface area contributed by atoms with Crippen LogP contribution >= 0.6 is 0 Å². The van der Waals surface area contributed by atoms with Crippen LogP contribution in [0.25, 0.3) is 11.5 Å². The molecule has 8 heteroatoms. The van der Waals surface area contributed by atoms with Crippen LogP contribution in [-0.2, 0) is 6.54 Å². The summed E-state index contributed by atoms with van der Waals surface area (Å²) in [5.74, 6) is 2.00. The molecule has 8 nitrogen and oxygen atoms in total. The molecule has 0 bridgehead atoms. The van der Waals surface area contributed by atoms with E-state index in [1.54, 1.807) is 24.7 Å². The van der Waals surface area contributed by atoms with Crippen LogP contribution < -0.4 is 4.90 Å². The van der Waals surface area contributed by atoms with Crippen LogP contribution in [0.1, 0.15) is 11.5 Å². The van der Waals surface area contributed by atoms with Crippen molar-refractivity contribution in [2.45, 2.75) is 6.54 Å². The summed E-state index contributed by atoms with van der Waals surface area (Å²) in [5, 5.41) is 17.1. The molecule has 0 atom stereocenters. The van der Waals surface area contributed by atoms with E-state index in [2.05, 4.69) is 36.0 Å². The average molecular weight is 347 g/mol. The maximum Gasteiger partial charge on any atom is 0.249 e. The lowest BCUT2D eigenvalue weighted by Crippen LogP contribution is -2.46. The van der Waals surface area contributed by atoms with Crippen molar-refractivity contribution < 1.29 is 4.42 Å². The van der Waals surface area contributed by atoms with Crippen LogP contribution in [0.5, 0.6) is 0 Å². The smallest absolute Gasteiger partial charge is 0.249 e. The van der Waals surface area contributed by atoms with Crippen molar-refractivity contribution in [1.29, 1.82) is 5.26 Å². The van der Waals surface area contributed by atoms with Crippen molar-refractivity contribution in [2.75, 3.05) is 31.1 Å². The number of hydrogen-bond donors (Lipinski definition) is 0. The van der Waals surface area contributed by atoms with Crippen molar-refractivity contribution in [3.05, 3.63) is 54.3 Å². The molecule has 26 heavy (non-hydrogen) atoms. The van der Waals surface area contributed by atoms with Crippen molar-refractivity contribution in [1.82, 2.24) is 25.1 Å². The monoisotopic (exact) mass is 347 g/mol. The molecule has 0 saturated carbocycles. The van der Waals surface area contributed by atoms with E-state index in [0.29, 0.717) is 23.9 Å². The highest BCUT2D eigenvalue weighted by Gasteiger charge is 2.20. The maximum absolute atomic E-state index is 8.85. The molecule has 0 aromatic carbocycles. The number of hydrogen-bond acceptors (Lipinski definition) is 8. The van der Waals surface area contributed by atoms with Gasteiger partial charge in [-0.3, -0.25) is 9.88 Å². The number of nitrogens with zero attached hydrogens (tertiary/aromatic N) is 7. The van der Waals surface area contributed by atoms with Gasteiger partial charge in [0.2, 0.25) is 11.8 Å². The first-order valence-corrected chi connectivity index (χ1v) is 8.38. The highest BCUT2D eigenvalue weighted by Crippen LogP contribution is 2.18. The SMILES string of the molecule is N#Cc1ccc(N2CCN(Cc3nnc(-c4cccnc4)o3)CC2)nc1. The Kier molecular flexibility index (Phi) is 4.53. The molecule has 4 rings (SSSR count). The van der Waals surface area contributed by atoms with Crippen molar-refractivity contribution >= 4 is 5.82 Å². The van der Waals surface area contributed by atoms with Crippen molar-refractivity contribution in [3.63, 3.8) is 0 Å². The number of pyridine rings is 2. The van der Waals surface area contributed by atoms with E-state index in [4.69, 9.17) is 9.68 Å². The van der Waals surface area contributed by atoms with E-state index in [0.717, 1.165) is 37.6 Å². The molecule has 1 fully saturated rings. The van der Waals surface area contributed by atoms with Gasteiger partial charge in [-0.1, -0.05) is 0 Å². The Balaban J connectivity index is 1.34. The van der Waals surface area contributed by atoms with Crippen molar-refractivity contribution in [3.8, 4) is 17.5 Å². The fourth-order valence-electron chi connectivity index (χ4n) is 2.89. The molecule has 0 aliphatic carbocycles. The molecule has 0 radical (unpaired) electrons. The fraction of sp³-hybridized carbons (Fsp3) is 0.278. The molecule has 130 valence electrons. The molecular weight excluding hydrogens is 330 g/mol. The van der Waals surface area contributed by atoms with E-state index < -0.39 is 0 Å². The summed E-state index contributed by atoms with van der Waals surface area (Å²) in [6.07, 6.45) is 5.03. The summed E-state index contributed by atoms with van der Waals surface area (Å²) in [5.41, 5.74) is 1.40. The Morgan fingerprint density at radius 3 is 2.65 bits per heavy atom. The first-order chi connectivity index (χ1) is 12.8. The molecule has 3 aromatic rings. The Morgan fingerprint density at radius 2 is 1.96 bits per heavy atom. The van der Waals surface area contributed by atoms with Gasteiger partial charge in [-0.15, -0.1) is 10.2 Å². The zero-order valence-electron chi connectivity index (χ0n) is 14.1. The molecule has 1 aliphatic heterocycles. The molecule has 0 spiro atoms. The van der Waals surface area contributed by atoms with Gasteiger partial charge in [0.1, 0.15) is 11.9 Å². The highest BCUT2D eigenvalue weighted by atomic mass is 16.4. The molecule has 1 aliphatic rings. The lowest BCUT2D eigenvalue weighted by Gasteiger charge is -2.34. The second-order valence-electron chi connectivity index (χ2n) is 6.02. The van der Waals surface area contributed by atoms with Gasteiger partial charge in [0, 0.05) is 44.8 Å². The van der Waals surface area contributed by atoms with E-state index in [-0.39, 0.29) is 0 Å². The standard InChI is InChI=1S/C18H17N7O/c19-10-14-3-4-16(21-11-14)25-8-6-24(7-9-25)13-17-22-23-18(26-17)15-2-1-5-20-12-15/h1-5,11-12H,6-9,13H2. The Morgan fingerprint density at radius 1 is 1.08 bits per heavy atom. The van der Waals surface area contributed by atoms with Crippen LogP contribution in [0.3, 0.4) is 0 Å². The number of piperazine rings is 1. The van der Waals surface area contributed by atoms with E-state index in [1.165, 1.54) is 0 Å². The third kappa shape index (κ3) is 3.53. The van der Waals surface area contributed by atoms with Crippen molar-refractivity contribution in [2.24, 2.45) is 0 Å². The van der Waals surface area contributed by atoms with Crippen LogP contribution in [0.15, 0.2) is 47.3 Å². The van der Waals surface area contributed by atoms with Crippen LogP contribution in [0, 0.1) is 11.3 Å². The lowest BCUT2D eigenvalue weighted by molar-refractivity contribution is 0.226. The minimum absolute atomic E-state index is 0.494. The topological polar surface area (TPSA) is 95.0 Å². The fourth-order valence-corrected chi connectivity index (χ4v) is 2.89. The van der Waals surface area contributed by atoms with Gasteiger partial charge in [-0.05, 0) is 24.3 Å². The summed E-state index contributed by atoms with van der Waals surface area (Å²) in [6, 6.07) is 9.52. The van der Waals surface area contributed by atoms with Gasteiger partial charge < -0.3 is 9.32 Å². The van der Waals surface area contributed by atoms with E-state index in [1.807, 2.05) is 18.2 Å². The predicted octanol–water partition coefficient (Wildman–Crippen LogP) is 1.72. The Labute approximate surface area is 150 Å². The molecule has 3 aromatic heterocycles. The zero-order chi connectivity index (χ0) is 17.8. The molecule has 0 N–H and O–H groups in total. The third-order valence-electron chi connectivity index (χ3n) is 4.31. The quantitative estimate of drug-likeness (QED) is 0.704. The first-order valence-electron chi connectivity index (χ1n) is 8.38. The summed E-state index contributed by atoms with van der Waals surface area (Å²) in [4.78, 5) is 12.9. The largest absolute Gasteiger partial charge is 0.419 e. The van der Waals surface area contributed by atoms with Gasteiger partial charge in [-0.25, -0.2) is 4.98 Å². The van der Waals surface area contributed by atoms with E-state index in [9.17, 15) is 0 Å². The maximum atomic E-state index is 8.85. The van der Waals surface area contributed by atoms with Gasteiger partial charge in [-0.2, -0.15) is 5.26 Å². The van der Waals surface area contributed by atoms with Gasteiger partial charge in [0.05, 0.1) is 17.7 Å². The number of aromatic nitrogens is 4. The lowest BCUT2D eigenvalue weighted by atomic mass is 10.2. The first kappa shape index (κ1) is 16.2. The van der Waals surface area contributed by atoms with E-state index >= 15 is 0 Å². The zero-order valence-corrected chi connectivity index (χ0v) is 14.1. The van der Waals surface area contributed by atoms with Gasteiger partial charge in [0.25, 0.3) is 0 Å². The van der Waals surface area contributed by atoms with Gasteiger partial charge in [0.15, 0.2) is 0 Å². The average Bonchev–Trinajstić information content (AvgIpc) is 3.18. The number of anilines is 1. The Hall–Kier alpha value is -3.31. The normalized spacial score (nSPS) is 15.0. The second kappa shape index (κ2) is 7.29. The summed E-state index contributed by atoms with van der Waals surface area (Å²) in [6.45, 7) is 4.12. The summed E-state index contributed by atoms with van der Waals surface area (Å²) < 4.78 is 5.75. The van der Waals surface area contributed by atoms with Crippen LogP contribution in [0.2, 0.25) is 0 Å². The van der Waals surface area contributed by atoms with Crippen LogP contribution in [-0.4, -0.2) is 51.2 Å². The third-order valence-corrected chi connectivity index (χ3v) is 4.31. The minimum atomic E-state index is 0.494. The Bertz CT molecular complexity index is 893. The molecule has 0 amide bonds. The highest BCUT2D eigenvalue weighted by molar-refractivity contribution is 5.49. The number of nitriles is 1.